The third-order valence-electron chi connectivity index (χ3n) is 2.76. The third-order valence-corrected chi connectivity index (χ3v) is 2.76. The lowest BCUT2D eigenvalue weighted by Gasteiger charge is -2.07. The van der Waals surface area contributed by atoms with Crippen LogP contribution in [0.5, 0.6) is 0 Å². The Morgan fingerprint density at radius 1 is 1.62 bits per heavy atom. The van der Waals surface area contributed by atoms with Gasteiger partial charge in [-0.1, -0.05) is 6.42 Å². The summed E-state index contributed by atoms with van der Waals surface area (Å²) in [7, 11) is 3.73. The van der Waals surface area contributed by atoms with Crippen molar-refractivity contribution in [3.63, 3.8) is 0 Å². The molecular weight excluding hydrogens is 98.1 g/mol. The molecule has 2 rings (SSSR count). The van der Waals surface area contributed by atoms with Crippen LogP contribution in [0.2, 0.25) is 0 Å². The van der Waals surface area contributed by atoms with Gasteiger partial charge in [-0.3, -0.25) is 0 Å². The van der Waals surface area contributed by atoms with Crippen LogP contribution in [0.15, 0.2) is 0 Å². The molecule has 1 radical (unpaired) electrons. The van der Waals surface area contributed by atoms with E-state index in [9.17, 15) is 0 Å². The van der Waals surface area contributed by atoms with Crippen molar-refractivity contribution in [1.82, 2.24) is 5.32 Å². The van der Waals surface area contributed by atoms with E-state index in [1.165, 1.54) is 25.7 Å². The molecule has 2 unspecified atom stereocenters. The van der Waals surface area contributed by atoms with E-state index in [-0.39, 0.29) is 0 Å². The summed E-state index contributed by atoms with van der Waals surface area (Å²) >= 11 is 0. The van der Waals surface area contributed by atoms with E-state index in [4.69, 9.17) is 0 Å². The molecule has 0 bridgehead atoms. The molecule has 0 heterocycles. The summed E-state index contributed by atoms with van der Waals surface area (Å²) in [5, 5.41) is 3.16. The zero-order chi connectivity index (χ0) is 5.61. The molecule has 2 atom stereocenters. The van der Waals surface area contributed by atoms with Gasteiger partial charge in [0.05, 0.1) is 0 Å². The minimum Gasteiger partial charge on any atom is -0.310 e. The average Bonchev–Trinajstić information content (AvgIpc) is 2.38. The molecule has 0 amide bonds. The minimum atomic E-state index is 0.542. The number of nitrogens with one attached hydrogen (secondary N) is 1. The Morgan fingerprint density at radius 3 is 2.75 bits per heavy atom. The molecular formula is C7H12N. The Kier molecular flexibility index (Phi) is 0.762. The topological polar surface area (TPSA) is 12.0 Å². The van der Waals surface area contributed by atoms with Crippen molar-refractivity contribution in [2.75, 3.05) is 0 Å². The van der Waals surface area contributed by atoms with Crippen molar-refractivity contribution in [3.05, 3.63) is 7.05 Å². The molecule has 2 aliphatic carbocycles. The lowest BCUT2D eigenvalue weighted by Crippen LogP contribution is -2.24. The van der Waals surface area contributed by atoms with Gasteiger partial charge in [-0.25, -0.2) is 0 Å². The smallest absolute Gasteiger partial charge is 0.0214 e. The first-order chi connectivity index (χ1) is 3.87. The van der Waals surface area contributed by atoms with Crippen LogP contribution < -0.4 is 5.32 Å². The van der Waals surface area contributed by atoms with Gasteiger partial charge < -0.3 is 5.32 Å². The molecule has 0 aliphatic heterocycles. The molecule has 45 valence electrons. The number of hydrogen-bond acceptors (Lipinski definition) is 1. The Morgan fingerprint density at radius 2 is 2.50 bits per heavy atom. The van der Waals surface area contributed by atoms with Gasteiger partial charge in [-0.2, -0.15) is 0 Å². The zero-order valence-corrected chi connectivity index (χ0v) is 5.11. The Bertz CT molecular complexity index is 107. The molecule has 8 heavy (non-hydrogen) atoms. The summed E-state index contributed by atoms with van der Waals surface area (Å²) in [6.07, 6.45) is 5.65. The molecule has 0 aromatic carbocycles. The largest absolute Gasteiger partial charge is 0.310 e. The lowest BCUT2D eigenvalue weighted by atomic mass is 10.2. The van der Waals surface area contributed by atoms with Crippen molar-refractivity contribution >= 4 is 0 Å². The average molecular weight is 110 g/mol. The van der Waals surface area contributed by atoms with Crippen molar-refractivity contribution in [2.24, 2.45) is 5.92 Å². The van der Waals surface area contributed by atoms with Gasteiger partial charge in [0.15, 0.2) is 0 Å². The fourth-order valence-electron chi connectivity index (χ4n) is 2.03. The first-order valence-corrected chi connectivity index (χ1v) is 3.42. The van der Waals surface area contributed by atoms with Crippen molar-refractivity contribution in [1.29, 1.82) is 0 Å². The van der Waals surface area contributed by atoms with Crippen LogP contribution in [0.25, 0.3) is 0 Å². The summed E-state index contributed by atoms with van der Waals surface area (Å²) in [4.78, 5) is 0. The third kappa shape index (κ3) is 0.408. The maximum Gasteiger partial charge on any atom is 0.0214 e. The number of hydrogen-bond donors (Lipinski definition) is 1. The fraction of sp³-hybridized carbons (Fsp3) is 0.857. The summed E-state index contributed by atoms with van der Waals surface area (Å²) in [6.45, 7) is 0. The highest BCUT2D eigenvalue weighted by Gasteiger charge is 2.55. The maximum absolute atomic E-state index is 3.73. The summed E-state index contributed by atoms with van der Waals surface area (Å²) in [5.41, 5.74) is 0.542. The molecule has 0 spiro atoms. The molecule has 0 aromatic rings. The second-order valence-corrected chi connectivity index (χ2v) is 3.13. The first-order valence-electron chi connectivity index (χ1n) is 3.42. The van der Waals surface area contributed by atoms with E-state index >= 15 is 0 Å². The summed E-state index contributed by atoms with van der Waals surface area (Å²) in [6, 6.07) is 0. The van der Waals surface area contributed by atoms with Gasteiger partial charge in [0.1, 0.15) is 0 Å². The van der Waals surface area contributed by atoms with E-state index in [1.54, 1.807) is 0 Å². The molecule has 1 nitrogen and oxygen atoms in total. The Hall–Kier alpha value is -0.0400. The maximum atomic E-state index is 3.73. The highest BCUT2D eigenvalue weighted by Crippen LogP contribution is 2.55. The number of rotatable bonds is 1. The standard InChI is InChI=1S/C7H12N/c1-8-7-4-2-3-6(7)5-7/h6,8H,1-5H2. The molecule has 2 saturated carbocycles. The molecule has 2 fully saturated rings. The van der Waals surface area contributed by atoms with Crippen molar-refractivity contribution in [2.45, 2.75) is 31.2 Å². The second-order valence-electron chi connectivity index (χ2n) is 3.13. The highest BCUT2D eigenvalue weighted by molar-refractivity contribution is 5.13. The van der Waals surface area contributed by atoms with E-state index in [0.717, 1.165) is 5.92 Å². The van der Waals surface area contributed by atoms with Gasteiger partial charge in [-0.15, -0.1) is 0 Å². The van der Waals surface area contributed by atoms with Gasteiger partial charge >= 0.3 is 0 Å². The van der Waals surface area contributed by atoms with E-state index in [1.807, 2.05) is 0 Å². The predicted octanol–water partition coefficient (Wildman–Crippen LogP) is 1.31. The predicted molar refractivity (Wildman–Crippen MR) is 33.2 cm³/mol. The van der Waals surface area contributed by atoms with E-state index < -0.39 is 0 Å². The fourth-order valence-corrected chi connectivity index (χ4v) is 2.03. The first kappa shape index (κ1) is 4.80. The zero-order valence-electron chi connectivity index (χ0n) is 5.11. The van der Waals surface area contributed by atoms with E-state index in [0.29, 0.717) is 5.54 Å². The molecule has 1 heteroatoms. The van der Waals surface area contributed by atoms with Crippen LogP contribution in [-0.2, 0) is 0 Å². The normalized spacial score (nSPS) is 51.4. The number of fused-ring (bicyclic) bond motifs is 1. The van der Waals surface area contributed by atoms with Crippen LogP contribution >= 0.6 is 0 Å². The van der Waals surface area contributed by atoms with Crippen LogP contribution in [0.1, 0.15) is 25.7 Å². The molecule has 1 N–H and O–H groups in total. The summed E-state index contributed by atoms with van der Waals surface area (Å²) in [5.74, 6) is 1.000. The van der Waals surface area contributed by atoms with Gasteiger partial charge in [0, 0.05) is 12.6 Å². The second kappa shape index (κ2) is 1.27. The van der Waals surface area contributed by atoms with Crippen LogP contribution in [0.3, 0.4) is 0 Å². The van der Waals surface area contributed by atoms with Gasteiger partial charge in [-0.05, 0) is 25.2 Å². The molecule has 2 aliphatic rings. The highest BCUT2D eigenvalue weighted by atomic mass is 15.0. The monoisotopic (exact) mass is 110 g/mol. The van der Waals surface area contributed by atoms with Crippen LogP contribution in [0.4, 0.5) is 0 Å². The molecule has 0 saturated heterocycles. The van der Waals surface area contributed by atoms with E-state index in [2.05, 4.69) is 12.4 Å². The van der Waals surface area contributed by atoms with Crippen LogP contribution in [-0.4, -0.2) is 5.54 Å². The van der Waals surface area contributed by atoms with Crippen molar-refractivity contribution in [3.8, 4) is 0 Å². The van der Waals surface area contributed by atoms with Gasteiger partial charge in [0.2, 0.25) is 0 Å². The lowest BCUT2D eigenvalue weighted by molar-refractivity contribution is 0.552. The summed E-state index contributed by atoms with van der Waals surface area (Å²) < 4.78 is 0. The van der Waals surface area contributed by atoms with Gasteiger partial charge in [0.25, 0.3) is 0 Å². The molecule has 0 aromatic heterocycles. The quantitative estimate of drug-likeness (QED) is 0.536. The Balaban J connectivity index is 2.08. The minimum absolute atomic E-state index is 0.542. The van der Waals surface area contributed by atoms with Crippen molar-refractivity contribution < 1.29 is 0 Å². The Labute approximate surface area is 50.5 Å². The SMILES string of the molecule is [CH2]NC12CCCC1C2. The van der Waals surface area contributed by atoms with Crippen LogP contribution in [0, 0.1) is 13.0 Å².